The maximum atomic E-state index is 13.0. The van der Waals surface area contributed by atoms with Gasteiger partial charge in [0.2, 0.25) is 0 Å². The van der Waals surface area contributed by atoms with Crippen molar-refractivity contribution in [3.63, 3.8) is 0 Å². The molecule has 176 valence electrons. The molecule has 1 saturated heterocycles. The third kappa shape index (κ3) is 7.57. The highest BCUT2D eigenvalue weighted by molar-refractivity contribution is 5.97. The molecule has 0 aromatic heterocycles. The Hall–Kier alpha value is -3.46. The Morgan fingerprint density at radius 2 is 1.61 bits per heavy atom. The van der Waals surface area contributed by atoms with Crippen LogP contribution in [0.5, 0.6) is 5.75 Å². The normalized spacial score (nSPS) is 14.8. The van der Waals surface area contributed by atoms with Gasteiger partial charge in [0, 0.05) is 17.7 Å². The first kappa shape index (κ1) is 24.2. The summed E-state index contributed by atoms with van der Waals surface area (Å²) in [6, 6.07) is 9.95. The average molecular weight is 458 g/mol. The van der Waals surface area contributed by atoms with E-state index in [2.05, 4.69) is 16.0 Å². The van der Waals surface area contributed by atoms with Crippen LogP contribution in [0.3, 0.4) is 0 Å². The number of carboxylic acid groups (broad SMARTS) is 1. The predicted octanol–water partition coefficient (Wildman–Crippen LogP) is 2.21. The van der Waals surface area contributed by atoms with Crippen molar-refractivity contribution in [2.75, 3.05) is 26.2 Å². The van der Waals surface area contributed by atoms with E-state index >= 15 is 0 Å². The lowest BCUT2D eigenvalue weighted by molar-refractivity contribution is -0.139. The van der Waals surface area contributed by atoms with Gasteiger partial charge in [-0.1, -0.05) is 0 Å². The number of amides is 2. The minimum Gasteiger partial charge on any atom is -0.494 e. The smallest absolute Gasteiger partial charge is 0.328 e. The molecule has 1 heterocycles. The number of nitrogens with one attached hydrogen (secondary N) is 3. The Kier molecular flexibility index (Phi) is 8.77. The third-order valence-corrected chi connectivity index (χ3v) is 5.55. The molecule has 2 aromatic carbocycles. The number of hydrogen-bond acceptors (Lipinski definition) is 5. The van der Waals surface area contributed by atoms with Gasteiger partial charge in [-0.25, -0.2) is 9.18 Å². The van der Waals surface area contributed by atoms with Crippen LogP contribution < -0.4 is 20.7 Å². The molecule has 1 aliphatic heterocycles. The molecule has 0 saturated carbocycles. The zero-order valence-corrected chi connectivity index (χ0v) is 18.2. The molecule has 0 radical (unpaired) electrons. The number of halogens is 1. The molecule has 0 spiro atoms. The van der Waals surface area contributed by atoms with Crippen LogP contribution >= 0.6 is 0 Å². The van der Waals surface area contributed by atoms with E-state index < -0.39 is 29.6 Å². The first-order chi connectivity index (χ1) is 15.9. The van der Waals surface area contributed by atoms with Crippen LogP contribution in [0.1, 0.15) is 40.0 Å². The molecule has 3 rings (SSSR count). The van der Waals surface area contributed by atoms with Crippen molar-refractivity contribution in [2.24, 2.45) is 5.92 Å². The number of carboxylic acids is 1. The summed E-state index contributed by atoms with van der Waals surface area (Å²) in [6.45, 7) is 2.40. The molecule has 2 amide bonds. The van der Waals surface area contributed by atoms with Gasteiger partial charge in [-0.2, -0.15) is 0 Å². The van der Waals surface area contributed by atoms with Crippen LogP contribution in [-0.4, -0.2) is 55.2 Å². The van der Waals surface area contributed by atoms with Crippen molar-refractivity contribution in [3.8, 4) is 5.75 Å². The quantitative estimate of drug-likeness (QED) is 0.435. The van der Waals surface area contributed by atoms with Crippen LogP contribution in [0.25, 0.3) is 0 Å². The van der Waals surface area contributed by atoms with E-state index in [0.29, 0.717) is 23.8 Å². The molecular formula is C24H28FN3O5. The molecular weight excluding hydrogens is 429 g/mol. The highest BCUT2D eigenvalue weighted by Gasteiger charge is 2.22. The van der Waals surface area contributed by atoms with Crippen LogP contribution in [-0.2, 0) is 4.79 Å². The molecule has 9 heteroatoms. The fraction of sp³-hybridized carbons (Fsp3) is 0.375. The number of carbonyl (C=O) groups excluding carboxylic acids is 2. The van der Waals surface area contributed by atoms with Gasteiger partial charge in [0.05, 0.1) is 6.61 Å². The largest absolute Gasteiger partial charge is 0.494 e. The number of carbonyl (C=O) groups is 3. The number of piperidine rings is 1. The Morgan fingerprint density at radius 3 is 2.24 bits per heavy atom. The van der Waals surface area contributed by atoms with E-state index in [1.165, 1.54) is 12.1 Å². The van der Waals surface area contributed by atoms with Crippen LogP contribution in [0, 0.1) is 11.7 Å². The minimum atomic E-state index is -1.34. The monoisotopic (exact) mass is 457 g/mol. The first-order valence-corrected chi connectivity index (χ1v) is 10.9. The number of rotatable bonds is 10. The third-order valence-electron chi connectivity index (χ3n) is 5.55. The zero-order chi connectivity index (χ0) is 23.6. The second-order valence-corrected chi connectivity index (χ2v) is 7.94. The second-order valence-electron chi connectivity index (χ2n) is 7.94. The molecule has 1 aliphatic rings. The summed E-state index contributed by atoms with van der Waals surface area (Å²) >= 11 is 0. The van der Waals surface area contributed by atoms with Gasteiger partial charge >= 0.3 is 5.97 Å². The summed E-state index contributed by atoms with van der Waals surface area (Å²) in [7, 11) is 0. The van der Waals surface area contributed by atoms with Crippen molar-refractivity contribution in [2.45, 2.75) is 25.3 Å². The topological polar surface area (TPSA) is 117 Å². The van der Waals surface area contributed by atoms with E-state index in [4.69, 9.17) is 4.74 Å². The Balaban J connectivity index is 1.46. The van der Waals surface area contributed by atoms with Crippen LogP contribution in [0.15, 0.2) is 48.5 Å². The van der Waals surface area contributed by atoms with Gasteiger partial charge in [0.1, 0.15) is 17.6 Å². The van der Waals surface area contributed by atoms with E-state index in [-0.39, 0.29) is 12.1 Å². The molecule has 2 aromatic rings. The summed E-state index contributed by atoms with van der Waals surface area (Å²) < 4.78 is 18.8. The van der Waals surface area contributed by atoms with Gasteiger partial charge in [0.15, 0.2) is 0 Å². The molecule has 1 unspecified atom stereocenters. The summed E-state index contributed by atoms with van der Waals surface area (Å²) in [6.07, 6.45) is 3.30. The van der Waals surface area contributed by atoms with Crippen molar-refractivity contribution in [3.05, 3.63) is 65.5 Å². The Bertz CT molecular complexity index is 944. The van der Waals surface area contributed by atoms with Crippen LogP contribution in [0.2, 0.25) is 0 Å². The van der Waals surface area contributed by atoms with E-state index in [0.717, 1.165) is 44.5 Å². The number of aliphatic carboxylic acids is 1. The van der Waals surface area contributed by atoms with Crippen molar-refractivity contribution in [1.29, 1.82) is 0 Å². The maximum absolute atomic E-state index is 13.0. The lowest BCUT2D eigenvalue weighted by atomic mass is 9.95. The maximum Gasteiger partial charge on any atom is 0.328 e. The van der Waals surface area contributed by atoms with Crippen molar-refractivity contribution < 1.29 is 28.6 Å². The fourth-order valence-corrected chi connectivity index (χ4v) is 3.56. The molecule has 8 nitrogen and oxygen atoms in total. The lowest BCUT2D eigenvalue weighted by Gasteiger charge is -2.22. The lowest BCUT2D eigenvalue weighted by Crippen LogP contribution is -2.48. The van der Waals surface area contributed by atoms with Crippen molar-refractivity contribution >= 4 is 17.8 Å². The van der Waals surface area contributed by atoms with Gasteiger partial charge < -0.3 is 25.8 Å². The molecule has 0 aliphatic carbocycles. The van der Waals surface area contributed by atoms with Gasteiger partial charge in [0.25, 0.3) is 11.8 Å². The van der Waals surface area contributed by atoms with Crippen LogP contribution in [0.4, 0.5) is 4.39 Å². The molecule has 0 bridgehead atoms. The molecule has 1 fully saturated rings. The van der Waals surface area contributed by atoms with E-state index in [1.54, 1.807) is 24.3 Å². The van der Waals surface area contributed by atoms with Gasteiger partial charge in [-0.3, -0.25) is 9.59 Å². The summed E-state index contributed by atoms with van der Waals surface area (Å²) in [4.78, 5) is 36.1. The first-order valence-electron chi connectivity index (χ1n) is 10.9. The average Bonchev–Trinajstić information content (AvgIpc) is 2.82. The summed E-state index contributed by atoms with van der Waals surface area (Å²) in [5.41, 5.74) is 0.458. The predicted molar refractivity (Wildman–Crippen MR) is 120 cm³/mol. The number of ether oxygens (including phenoxy) is 1. The highest BCUT2D eigenvalue weighted by Crippen LogP contribution is 2.18. The van der Waals surface area contributed by atoms with E-state index in [9.17, 15) is 23.9 Å². The molecule has 33 heavy (non-hydrogen) atoms. The Labute approximate surface area is 191 Å². The highest BCUT2D eigenvalue weighted by atomic mass is 19.1. The van der Waals surface area contributed by atoms with Gasteiger partial charge in [-0.15, -0.1) is 0 Å². The zero-order valence-electron chi connectivity index (χ0n) is 18.2. The second kappa shape index (κ2) is 12.0. The summed E-state index contributed by atoms with van der Waals surface area (Å²) in [5, 5.41) is 17.5. The number of benzene rings is 2. The summed E-state index contributed by atoms with van der Waals surface area (Å²) in [5.74, 6) is -1.63. The number of hydrogen-bond donors (Lipinski definition) is 4. The molecule has 1 atom stereocenters. The molecule has 4 N–H and O–H groups in total. The van der Waals surface area contributed by atoms with Gasteiger partial charge in [-0.05, 0) is 86.8 Å². The SMILES string of the molecule is O=C(NCC(NC(=O)c1ccc(F)cc1)C(=O)O)c1ccc(OCCC2CCNCC2)cc1. The standard InChI is InChI=1S/C24H28FN3O5/c25-19-5-1-18(2-6-19)23(30)28-21(24(31)32)15-27-22(29)17-3-7-20(8-4-17)33-14-11-16-9-12-26-13-10-16/h1-8,16,21,26H,9-15H2,(H,27,29)(H,28,30)(H,31,32). The van der Waals surface area contributed by atoms with E-state index in [1.807, 2.05) is 0 Å². The Morgan fingerprint density at radius 1 is 1.00 bits per heavy atom. The fourth-order valence-electron chi connectivity index (χ4n) is 3.56. The minimum absolute atomic E-state index is 0.115. The van der Waals surface area contributed by atoms with Crippen molar-refractivity contribution in [1.82, 2.24) is 16.0 Å².